The Hall–Kier alpha value is -9.81. The lowest BCUT2D eigenvalue weighted by Gasteiger charge is -2.13. The normalized spacial score (nSPS) is 11.5. The topological polar surface area (TPSA) is 92.1 Å². The van der Waals surface area contributed by atoms with E-state index in [2.05, 4.69) is 0 Å². The van der Waals surface area contributed by atoms with Gasteiger partial charge in [0.1, 0.15) is 34.9 Å². The van der Waals surface area contributed by atoms with Crippen LogP contribution in [0.25, 0.3) is 118 Å². The van der Waals surface area contributed by atoms with Crippen molar-refractivity contribution in [2.45, 2.75) is 0 Å². The van der Waals surface area contributed by atoms with Gasteiger partial charge in [-0.05, 0) is 72.8 Å². The van der Waals surface area contributed by atoms with Crippen LogP contribution in [0.5, 0.6) is 0 Å². The van der Waals surface area contributed by atoms with Crippen LogP contribution in [0.15, 0.2) is 218 Å². The lowest BCUT2D eigenvalue weighted by molar-refractivity contribution is 0.619. The molecule has 0 amide bonds. The minimum atomic E-state index is -0.364. The van der Waals surface area contributed by atoms with Crippen molar-refractivity contribution >= 4 is 33.1 Å². The van der Waals surface area contributed by atoms with Crippen molar-refractivity contribution in [1.29, 1.82) is 0 Å². The van der Waals surface area contributed by atoms with Gasteiger partial charge in [-0.1, -0.05) is 146 Å². The van der Waals surface area contributed by atoms with E-state index in [0.29, 0.717) is 68.7 Å². The van der Waals surface area contributed by atoms with Gasteiger partial charge in [0, 0.05) is 33.4 Å². The molecular weight excluding hydrogens is 904 g/mol. The number of imidazole rings is 3. The van der Waals surface area contributed by atoms with Crippen LogP contribution in [0.3, 0.4) is 0 Å². The first-order chi connectivity index (χ1) is 35.4. The summed E-state index contributed by atoms with van der Waals surface area (Å²) in [4.78, 5) is 30.0. The first kappa shape index (κ1) is 42.3. The van der Waals surface area contributed by atoms with Crippen LogP contribution in [0.2, 0.25) is 0 Å². The second kappa shape index (κ2) is 17.3. The van der Waals surface area contributed by atoms with Gasteiger partial charge in [-0.2, -0.15) is 0 Å². The summed E-state index contributed by atoms with van der Waals surface area (Å²) in [5.41, 5.74) is 10.1. The van der Waals surface area contributed by atoms with Crippen LogP contribution < -0.4 is 0 Å². The second-order valence-corrected chi connectivity index (χ2v) is 17.2. The third-order valence-electron chi connectivity index (χ3n) is 12.8. The molecule has 12 heteroatoms. The van der Waals surface area contributed by atoms with Crippen molar-refractivity contribution in [2.75, 3.05) is 0 Å². The fourth-order valence-electron chi connectivity index (χ4n) is 9.36. The summed E-state index contributed by atoms with van der Waals surface area (Å²) in [6.07, 6.45) is 0. The Labute approximate surface area is 409 Å². The second-order valence-electron chi connectivity index (χ2n) is 17.2. The maximum Gasteiger partial charge on any atom is 0.164 e. The van der Waals surface area contributed by atoms with E-state index in [1.165, 1.54) is 18.2 Å². The fraction of sp³-hybridized carbons (Fsp3) is 0. The van der Waals surface area contributed by atoms with Gasteiger partial charge in [0.2, 0.25) is 0 Å². The number of benzene rings is 9. The van der Waals surface area contributed by atoms with Crippen molar-refractivity contribution in [2.24, 2.45) is 0 Å². The highest BCUT2D eigenvalue weighted by Gasteiger charge is 2.22. The molecule has 72 heavy (non-hydrogen) atoms. The molecule has 13 aromatic rings. The summed E-state index contributed by atoms with van der Waals surface area (Å²) in [5.74, 6) is 1.90. The Morgan fingerprint density at radius 3 is 0.750 bits per heavy atom. The van der Waals surface area contributed by atoms with E-state index in [1.54, 1.807) is 36.4 Å². The Balaban J connectivity index is 0.922. The molecule has 9 aromatic carbocycles. The molecule has 0 fully saturated rings. The van der Waals surface area contributed by atoms with Gasteiger partial charge in [-0.15, -0.1) is 0 Å². The van der Waals surface area contributed by atoms with Crippen molar-refractivity contribution in [3.63, 3.8) is 0 Å². The molecule has 0 aliphatic rings. The first-order valence-electron chi connectivity index (χ1n) is 23.2. The third kappa shape index (κ3) is 7.28. The molecule has 0 aliphatic heterocycles. The summed E-state index contributed by atoms with van der Waals surface area (Å²) in [6, 6.07) is 66.2. The predicted octanol–water partition coefficient (Wildman–Crippen LogP) is 14.3. The zero-order valence-corrected chi connectivity index (χ0v) is 37.9. The summed E-state index contributed by atoms with van der Waals surface area (Å²) >= 11 is 0. The largest absolute Gasteiger partial charge is 0.289 e. The molecule has 342 valence electrons. The Morgan fingerprint density at radius 2 is 0.472 bits per heavy atom. The molecular formula is C60H36F3N9. The van der Waals surface area contributed by atoms with E-state index >= 15 is 13.2 Å². The maximum atomic E-state index is 15.4. The van der Waals surface area contributed by atoms with Gasteiger partial charge in [0.05, 0.1) is 50.2 Å². The predicted molar refractivity (Wildman–Crippen MR) is 276 cm³/mol. The molecule has 0 aliphatic carbocycles. The fourth-order valence-corrected chi connectivity index (χ4v) is 9.36. The highest BCUT2D eigenvalue weighted by Crippen LogP contribution is 2.36. The van der Waals surface area contributed by atoms with Crippen LogP contribution in [-0.4, -0.2) is 43.6 Å². The van der Waals surface area contributed by atoms with E-state index in [1.807, 2.05) is 177 Å². The standard InChI is InChI=1S/C60H36F3N9/c61-43-13-1-7-19-49(43)70-52-22-10-4-16-46(52)64-58(70)40-31-25-37(26-32-40)55-67-56(38-27-33-41(34-28-38)59-65-47-17-5-11-23-53(47)71(59)50-20-8-2-14-44(50)62)69-57(68-55)39-29-35-42(36-30-39)60-66-48-18-6-12-24-54(48)72(60)51-21-9-3-15-45(51)63/h1-36H. The lowest BCUT2D eigenvalue weighted by Crippen LogP contribution is -2.02. The number of hydrogen-bond donors (Lipinski definition) is 0. The van der Waals surface area contributed by atoms with Gasteiger partial charge >= 0.3 is 0 Å². The van der Waals surface area contributed by atoms with E-state index in [0.717, 1.165) is 49.8 Å². The lowest BCUT2D eigenvalue weighted by atomic mass is 10.1. The SMILES string of the molecule is Fc1ccccc1-n1c(-c2ccc(-c3nc(-c4ccc(-c5nc6ccccc6n5-c5ccccc5F)cc4)nc(-c4ccc(-c5nc6ccccc6n5-c5ccccc5F)cc4)n3)cc2)nc2ccccc21. The summed E-state index contributed by atoms with van der Waals surface area (Å²) in [5, 5.41) is 0. The van der Waals surface area contributed by atoms with Crippen molar-refractivity contribution in [1.82, 2.24) is 43.6 Å². The van der Waals surface area contributed by atoms with Gasteiger partial charge in [-0.3, -0.25) is 13.7 Å². The number of halogens is 3. The number of fused-ring (bicyclic) bond motifs is 3. The quantitative estimate of drug-likeness (QED) is 0.143. The summed E-state index contributed by atoms with van der Waals surface area (Å²) in [6.45, 7) is 0. The molecule has 4 heterocycles. The zero-order chi connectivity index (χ0) is 48.3. The summed E-state index contributed by atoms with van der Waals surface area (Å²) < 4.78 is 51.8. The van der Waals surface area contributed by atoms with Crippen molar-refractivity contribution in [3.8, 4) is 85.4 Å². The van der Waals surface area contributed by atoms with Crippen LogP contribution in [0, 0.1) is 17.5 Å². The van der Waals surface area contributed by atoms with Crippen molar-refractivity contribution in [3.05, 3.63) is 236 Å². The molecule has 0 saturated carbocycles. The Kier molecular flexibility index (Phi) is 10.2. The average molecular weight is 940 g/mol. The minimum Gasteiger partial charge on any atom is -0.289 e. The number of nitrogens with zero attached hydrogens (tertiary/aromatic N) is 9. The van der Waals surface area contributed by atoms with Crippen LogP contribution in [-0.2, 0) is 0 Å². The van der Waals surface area contributed by atoms with Gasteiger partial charge in [0.25, 0.3) is 0 Å². The minimum absolute atomic E-state index is 0.364. The molecule has 0 atom stereocenters. The molecule has 0 N–H and O–H groups in total. The van der Waals surface area contributed by atoms with Crippen molar-refractivity contribution < 1.29 is 13.2 Å². The van der Waals surface area contributed by atoms with E-state index in [9.17, 15) is 0 Å². The maximum absolute atomic E-state index is 15.4. The number of para-hydroxylation sites is 9. The number of rotatable bonds is 9. The van der Waals surface area contributed by atoms with Gasteiger partial charge in [-0.25, -0.2) is 43.1 Å². The highest BCUT2D eigenvalue weighted by molar-refractivity contribution is 5.86. The summed E-state index contributed by atoms with van der Waals surface area (Å²) in [7, 11) is 0. The molecule has 0 saturated heterocycles. The molecule has 9 nitrogen and oxygen atoms in total. The molecule has 4 aromatic heterocycles. The van der Waals surface area contributed by atoms with Crippen LogP contribution in [0.1, 0.15) is 0 Å². The molecule has 0 spiro atoms. The Bertz CT molecular complexity index is 3750. The molecule has 13 rings (SSSR count). The Morgan fingerprint density at radius 1 is 0.236 bits per heavy atom. The van der Waals surface area contributed by atoms with Crippen LogP contribution in [0.4, 0.5) is 13.2 Å². The van der Waals surface area contributed by atoms with E-state index in [4.69, 9.17) is 29.9 Å². The monoisotopic (exact) mass is 939 g/mol. The molecule has 0 bridgehead atoms. The van der Waals surface area contributed by atoms with Crippen LogP contribution >= 0.6 is 0 Å². The number of hydrogen-bond acceptors (Lipinski definition) is 6. The van der Waals surface area contributed by atoms with E-state index < -0.39 is 0 Å². The van der Waals surface area contributed by atoms with Gasteiger partial charge < -0.3 is 0 Å². The zero-order valence-electron chi connectivity index (χ0n) is 37.9. The third-order valence-corrected chi connectivity index (χ3v) is 12.8. The molecule has 0 unspecified atom stereocenters. The smallest absolute Gasteiger partial charge is 0.164 e. The first-order valence-corrected chi connectivity index (χ1v) is 23.2. The highest BCUT2D eigenvalue weighted by atomic mass is 19.1. The number of aromatic nitrogens is 9. The van der Waals surface area contributed by atoms with Gasteiger partial charge in [0.15, 0.2) is 17.5 Å². The average Bonchev–Trinajstić information content (AvgIpc) is 4.14. The van der Waals surface area contributed by atoms with E-state index in [-0.39, 0.29) is 17.5 Å². The molecule has 0 radical (unpaired) electrons.